The number of phenols is 1. The number of phenolic OH excluding ortho intramolecular Hbond substituents is 1. The molecule has 3 N–H and O–H groups in total. The number of halogens is 1. The fraction of sp³-hybridized carbons (Fsp3) is 0.0667. The predicted molar refractivity (Wildman–Crippen MR) is 81.9 cm³/mol. The van der Waals surface area contributed by atoms with Crippen LogP contribution in [-0.2, 0) is 0 Å². The molecule has 2 rings (SSSR count). The zero-order valence-corrected chi connectivity index (χ0v) is 12.6. The summed E-state index contributed by atoms with van der Waals surface area (Å²) in [5, 5.41) is 21.1. The molecule has 0 saturated carbocycles. The van der Waals surface area contributed by atoms with Crippen molar-refractivity contribution in [3.63, 3.8) is 0 Å². The Morgan fingerprint density at radius 3 is 2.43 bits per heavy atom. The lowest BCUT2D eigenvalue weighted by atomic mass is 10.1. The smallest absolute Gasteiger partial charge is 0.335 e. The number of amides is 1. The Hall–Kier alpha value is -2.34. The number of carboxylic acid groups (broad SMARTS) is 1. The maximum atomic E-state index is 12.2. The molecule has 0 heterocycles. The molecule has 0 aliphatic heterocycles. The van der Waals surface area contributed by atoms with Crippen LogP contribution in [0.2, 0.25) is 0 Å². The molecule has 0 aliphatic rings. The summed E-state index contributed by atoms with van der Waals surface area (Å²) in [6.45, 7) is 1.80. The lowest BCUT2D eigenvalue weighted by molar-refractivity contribution is 0.0696. The fourth-order valence-corrected chi connectivity index (χ4v) is 2.32. The van der Waals surface area contributed by atoms with Crippen molar-refractivity contribution in [2.75, 3.05) is 5.32 Å². The van der Waals surface area contributed by atoms with Gasteiger partial charge in [-0.05, 0) is 48.9 Å². The quantitative estimate of drug-likeness (QED) is 0.741. The number of carbonyl (C=O) groups excluding carboxylic acids is 1. The molecular formula is C15H12BrNO4. The van der Waals surface area contributed by atoms with Crippen molar-refractivity contribution in [2.24, 2.45) is 0 Å². The largest absolute Gasteiger partial charge is 0.506 e. The van der Waals surface area contributed by atoms with E-state index in [4.69, 9.17) is 5.11 Å². The minimum atomic E-state index is -1.15. The highest BCUT2D eigenvalue weighted by atomic mass is 79.9. The van der Waals surface area contributed by atoms with E-state index in [2.05, 4.69) is 21.2 Å². The minimum absolute atomic E-state index is 0.0506. The van der Waals surface area contributed by atoms with Gasteiger partial charge in [0.2, 0.25) is 0 Å². The van der Waals surface area contributed by atoms with E-state index in [1.54, 1.807) is 19.1 Å². The summed E-state index contributed by atoms with van der Waals surface area (Å²) in [6, 6.07) is 8.97. The molecule has 1 amide bonds. The molecule has 0 radical (unpaired) electrons. The molecule has 0 unspecified atom stereocenters. The molecule has 2 aromatic rings. The third-order valence-electron chi connectivity index (χ3n) is 2.93. The average molecular weight is 350 g/mol. The highest BCUT2D eigenvalue weighted by Crippen LogP contribution is 2.25. The third-order valence-corrected chi connectivity index (χ3v) is 3.42. The topological polar surface area (TPSA) is 86.6 Å². The Bertz CT molecular complexity index is 728. The van der Waals surface area contributed by atoms with Gasteiger partial charge in [0.25, 0.3) is 5.91 Å². The Balaban J connectivity index is 2.25. The molecule has 5 nitrogen and oxygen atoms in total. The fourth-order valence-electron chi connectivity index (χ4n) is 1.84. The van der Waals surface area contributed by atoms with Gasteiger partial charge in [-0.3, -0.25) is 4.79 Å². The molecule has 6 heteroatoms. The Morgan fingerprint density at radius 1 is 1.14 bits per heavy atom. The number of aryl methyl sites for hydroxylation is 1. The van der Waals surface area contributed by atoms with Crippen molar-refractivity contribution < 1.29 is 19.8 Å². The molecule has 0 bridgehead atoms. The van der Waals surface area contributed by atoms with Crippen molar-refractivity contribution >= 4 is 33.5 Å². The Morgan fingerprint density at radius 2 is 1.86 bits per heavy atom. The number of rotatable bonds is 3. The van der Waals surface area contributed by atoms with Gasteiger partial charge in [0, 0.05) is 10.0 Å². The van der Waals surface area contributed by atoms with Gasteiger partial charge in [0.15, 0.2) is 0 Å². The first-order chi connectivity index (χ1) is 9.88. The molecule has 0 atom stereocenters. The summed E-state index contributed by atoms with van der Waals surface area (Å²) in [5.74, 6) is -1.82. The van der Waals surface area contributed by atoms with Gasteiger partial charge in [-0.25, -0.2) is 4.79 Å². The standard InChI is InChI=1S/C15H12BrNO4/c1-8-6-10(16)3-4-11(8)14(19)17-12-5-2-9(15(20)21)7-13(12)18/h2-7,18H,1H3,(H,17,19)(H,20,21). The predicted octanol–water partition coefficient (Wildman–Crippen LogP) is 3.41. The highest BCUT2D eigenvalue weighted by Gasteiger charge is 2.13. The number of aromatic carboxylic acids is 1. The van der Waals surface area contributed by atoms with Crippen molar-refractivity contribution in [3.8, 4) is 5.75 Å². The van der Waals surface area contributed by atoms with E-state index in [-0.39, 0.29) is 22.9 Å². The molecule has 0 fully saturated rings. The van der Waals surface area contributed by atoms with Crippen LogP contribution in [0.15, 0.2) is 40.9 Å². The zero-order valence-electron chi connectivity index (χ0n) is 11.1. The molecule has 0 aliphatic carbocycles. The summed E-state index contributed by atoms with van der Waals surface area (Å²) in [6.07, 6.45) is 0. The van der Waals surface area contributed by atoms with E-state index in [9.17, 15) is 14.7 Å². The summed E-state index contributed by atoms with van der Waals surface area (Å²) in [5.41, 5.74) is 1.36. The highest BCUT2D eigenvalue weighted by molar-refractivity contribution is 9.10. The molecule has 0 spiro atoms. The van der Waals surface area contributed by atoms with Gasteiger partial charge >= 0.3 is 5.97 Å². The van der Waals surface area contributed by atoms with Crippen LogP contribution < -0.4 is 5.32 Å². The van der Waals surface area contributed by atoms with Crippen molar-refractivity contribution in [1.82, 2.24) is 0 Å². The minimum Gasteiger partial charge on any atom is -0.506 e. The molecule has 108 valence electrons. The van der Waals surface area contributed by atoms with Gasteiger partial charge < -0.3 is 15.5 Å². The number of benzene rings is 2. The number of carboxylic acids is 1. The maximum absolute atomic E-state index is 12.2. The molecular weight excluding hydrogens is 338 g/mol. The summed E-state index contributed by atoms with van der Waals surface area (Å²) < 4.78 is 0.866. The van der Waals surface area contributed by atoms with E-state index < -0.39 is 5.97 Å². The van der Waals surface area contributed by atoms with E-state index >= 15 is 0 Å². The number of hydrogen-bond donors (Lipinski definition) is 3. The van der Waals surface area contributed by atoms with E-state index in [0.29, 0.717) is 5.56 Å². The van der Waals surface area contributed by atoms with Crippen LogP contribution in [0.25, 0.3) is 0 Å². The number of hydrogen-bond acceptors (Lipinski definition) is 3. The van der Waals surface area contributed by atoms with Gasteiger partial charge in [-0.1, -0.05) is 15.9 Å². The van der Waals surface area contributed by atoms with E-state index in [1.807, 2.05) is 6.07 Å². The third kappa shape index (κ3) is 3.41. The SMILES string of the molecule is Cc1cc(Br)ccc1C(=O)Nc1ccc(C(=O)O)cc1O. The van der Waals surface area contributed by atoms with Crippen molar-refractivity contribution in [3.05, 3.63) is 57.6 Å². The average Bonchev–Trinajstić information content (AvgIpc) is 2.40. The number of aromatic hydroxyl groups is 1. The van der Waals surface area contributed by atoms with Crippen LogP contribution in [0.1, 0.15) is 26.3 Å². The number of nitrogens with one attached hydrogen (secondary N) is 1. The maximum Gasteiger partial charge on any atom is 0.335 e. The molecule has 0 aromatic heterocycles. The molecule has 21 heavy (non-hydrogen) atoms. The normalized spacial score (nSPS) is 10.2. The second kappa shape index (κ2) is 5.97. The summed E-state index contributed by atoms with van der Waals surface area (Å²) >= 11 is 3.32. The van der Waals surface area contributed by atoms with Gasteiger partial charge in [-0.15, -0.1) is 0 Å². The Labute approximate surface area is 129 Å². The van der Waals surface area contributed by atoms with Crippen LogP contribution in [0.4, 0.5) is 5.69 Å². The first kappa shape index (κ1) is 15.1. The van der Waals surface area contributed by atoms with Crippen molar-refractivity contribution in [2.45, 2.75) is 6.92 Å². The van der Waals surface area contributed by atoms with Crippen LogP contribution in [0, 0.1) is 6.92 Å². The summed E-state index contributed by atoms with van der Waals surface area (Å²) in [7, 11) is 0. The summed E-state index contributed by atoms with van der Waals surface area (Å²) in [4.78, 5) is 22.9. The zero-order chi connectivity index (χ0) is 15.6. The van der Waals surface area contributed by atoms with Gasteiger partial charge in [0.05, 0.1) is 11.3 Å². The second-order valence-electron chi connectivity index (χ2n) is 4.45. The van der Waals surface area contributed by atoms with Crippen LogP contribution >= 0.6 is 15.9 Å². The first-order valence-corrected chi connectivity index (χ1v) is 6.81. The lowest BCUT2D eigenvalue weighted by Gasteiger charge is -2.10. The lowest BCUT2D eigenvalue weighted by Crippen LogP contribution is -2.13. The second-order valence-corrected chi connectivity index (χ2v) is 5.37. The van der Waals surface area contributed by atoms with E-state index in [1.165, 1.54) is 12.1 Å². The molecule has 0 saturated heterocycles. The van der Waals surface area contributed by atoms with Crippen LogP contribution in [-0.4, -0.2) is 22.1 Å². The van der Waals surface area contributed by atoms with Crippen LogP contribution in [0.5, 0.6) is 5.75 Å². The molecule has 2 aromatic carbocycles. The Kier molecular flexibility index (Phi) is 4.28. The van der Waals surface area contributed by atoms with Gasteiger partial charge in [0.1, 0.15) is 5.75 Å². The monoisotopic (exact) mass is 349 g/mol. The van der Waals surface area contributed by atoms with E-state index in [0.717, 1.165) is 16.1 Å². The van der Waals surface area contributed by atoms with Crippen molar-refractivity contribution in [1.29, 1.82) is 0 Å². The number of carbonyl (C=O) groups is 2. The van der Waals surface area contributed by atoms with Gasteiger partial charge in [-0.2, -0.15) is 0 Å². The number of anilines is 1. The first-order valence-electron chi connectivity index (χ1n) is 6.02. The van der Waals surface area contributed by atoms with Crippen LogP contribution in [0.3, 0.4) is 0 Å².